The number of para-hydroxylation sites is 1. The number of rotatable bonds is 5. The molecule has 0 spiro atoms. The molecule has 3 N–H and O–H groups in total. The molecule has 1 saturated heterocycles. The Balaban J connectivity index is 1.25. The number of H-pyrrole nitrogens is 2. The van der Waals surface area contributed by atoms with Gasteiger partial charge in [-0.1, -0.05) is 18.2 Å². The fraction of sp³-hybridized carbons (Fsp3) is 0.364. The van der Waals surface area contributed by atoms with Crippen LogP contribution in [0.1, 0.15) is 25.3 Å². The molecular formula is C22H25N7O. The zero-order valence-electron chi connectivity index (χ0n) is 16.9. The summed E-state index contributed by atoms with van der Waals surface area (Å²) in [6.07, 6.45) is 7.84. The van der Waals surface area contributed by atoms with Crippen LogP contribution in [0.2, 0.25) is 0 Å². The topological polar surface area (TPSA) is 103 Å². The monoisotopic (exact) mass is 403 g/mol. The summed E-state index contributed by atoms with van der Waals surface area (Å²) < 4.78 is 0. The standard InChI is InChI=1S/C22H25N7O/c1-14(9-16-10-23-18-7-3-2-6-17(16)18)28-22(30)15-5-4-8-29(11-15)21-19-20(25-12-24-19)26-13-27-21/h2-3,6-7,10,12-15,23H,4-5,8-9,11H2,1H3,(H,28,30)(H,24,25,26,27)/t14-,15-/m1/s1. The number of nitrogens with one attached hydrogen (secondary N) is 3. The maximum absolute atomic E-state index is 13.0. The third-order valence-corrected chi connectivity index (χ3v) is 5.88. The molecule has 4 heterocycles. The first kappa shape index (κ1) is 18.6. The summed E-state index contributed by atoms with van der Waals surface area (Å²) >= 11 is 0. The molecule has 0 radical (unpaired) electrons. The molecule has 4 aromatic rings. The van der Waals surface area contributed by atoms with Gasteiger partial charge in [-0.15, -0.1) is 0 Å². The summed E-state index contributed by atoms with van der Waals surface area (Å²) in [5, 5.41) is 4.44. The Morgan fingerprint density at radius 1 is 1.27 bits per heavy atom. The molecule has 2 atom stereocenters. The molecule has 8 heteroatoms. The second kappa shape index (κ2) is 7.78. The molecular weight excluding hydrogens is 378 g/mol. The van der Waals surface area contributed by atoms with Gasteiger partial charge in [0, 0.05) is 36.2 Å². The lowest BCUT2D eigenvalue weighted by molar-refractivity contribution is -0.125. The summed E-state index contributed by atoms with van der Waals surface area (Å²) in [7, 11) is 0. The molecule has 3 aromatic heterocycles. The van der Waals surface area contributed by atoms with E-state index in [4.69, 9.17) is 0 Å². The summed E-state index contributed by atoms with van der Waals surface area (Å²) in [4.78, 5) is 34.4. The van der Waals surface area contributed by atoms with Gasteiger partial charge in [0.1, 0.15) is 11.8 Å². The number of anilines is 1. The van der Waals surface area contributed by atoms with Crippen molar-refractivity contribution in [1.82, 2.24) is 30.2 Å². The maximum Gasteiger partial charge on any atom is 0.225 e. The van der Waals surface area contributed by atoms with Gasteiger partial charge in [0.25, 0.3) is 0 Å². The third-order valence-electron chi connectivity index (χ3n) is 5.88. The van der Waals surface area contributed by atoms with Crippen molar-refractivity contribution in [2.75, 3.05) is 18.0 Å². The molecule has 154 valence electrons. The molecule has 0 bridgehead atoms. The van der Waals surface area contributed by atoms with E-state index in [1.807, 2.05) is 18.3 Å². The fourth-order valence-electron chi connectivity index (χ4n) is 4.42. The zero-order valence-corrected chi connectivity index (χ0v) is 16.9. The summed E-state index contributed by atoms with van der Waals surface area (Å²) in [6, 6.07) is 8.32. The highest BCUT2D eigenvalue weighted by Gasteiger charge is 2.28. The minimum absolute atomic E-state index is 0.0582. The van der Waals surface area contributed by atoms with E-state index in [2.05, 4.69) is 54.2 Å². The van der Waals surface area contributed by atoms with Gasteiger partial charge in [0.2, 0.25) is 5.91 Å². The lowest BCUT2D eigenvalue weighted by Crippen LogP contribution is -2.46. The van der Waals surface area contributed by atoms with E-state index in [9.17, 15) is 4.79 Å². The first-order chi connectivity index (χ1) is 14.7. The Hall–Kier alpha value is -3.42. The van der Waals surface area contributed by atoms with Crippen molar-refractivity contribution in [3.05, 3.63) is 48.7 Å². The van der Waals surface area contributed by atoms with Crippen molar-refractivity contribution in [3.63, 3.8) is 0 Å². The molecule has 5 rings (SSSR count). The maximum atomic E-state index is 13.0. The van der Waals surface area contributed by atoms with Crippen LogP contribution in [-0.4, -0.2) is 50.0 Å². The molecule has 0 saturated carbocycles. The molecule has 0 unspecified atom stereocenters. The number of aromatic amines is 2. The summed E-state index contributed by atoms with van der Waals surface area (Å²) in [6.45, 7) is 3.59. The van der Waals surface area contributed by atoms with Crippen molar-refractivity contribution < 1.29 is 4.79 Å². The Bertz CT molecular complexity index is 1180. The van der Waals surface area contributed by atoms with Gasteiger partial charge in [0.05, 0.1) is 12.2 Å². The Kier molecular flexibility index (Phi) is 4.82. The van der Waals surface area contributed by atoms with Crippen LogP contribution < -0.4 is 10.2 Å². The number of hydrogen-bond acceptors (Lipinski definition) is 5. The van der Waals surface area contributed by atoms with E-state index in [-0.39, 0.29) is 17.9 Å². The van der Waals surface area contributed by atoms with Crippen LogP contribution in [0.25, 0.3) is 22.1 Å². The summed E-state index contributed by atoms with van der Waals surface area (Å²) in [5.74, 6) is 0.876. The molecule has 1 aromatic carbocycles. The third kappa shape index (κ3) is 3.49. The molecule has 0 aliphatic carbocycles. The Labute approximate surface area is 174 Å². The zero-order chi connectivity index (χ0) is 20.5. The highest BCUT2D eigenvalue weighted by Crippen LogP contribution is 2.26. The van der Waals surface area contributed by atoms with Crippen LogP contribution in [0.5, 0.6) is 0 Å². The van der Waals surface area contributed by atoms with Crippen LogP contribution in [0.4, 0.5) is 5.82 Å². The van der Waals surface area contributed by atoms with E-state index < -0.39 is 0 Å². The number of imidazole rings is 1. The molecule has 1 fully saturated rings. The molecule has 30 heavy (non-hydrogen) atoms. The predicted octanol–water partition coefficient (Wildman–Crippen LogP) is 2.80. The van der Waals surface area contributed by atoms with Crippen LogP contribution in [0.15, 0.2) is 43.1 Å². The lowest BCUT2D eigenvalue weighted by Gasteiger charge is -2.33. The smallest absolute Gasteiger partial charge is 0.225 e. The quantitative estimate of drug-likeness (QED) is 0.476. The molecule has 8 nitrogen and oxygen atoms in total. The van der Waals surface area contributed by atoms with E-state index in [0.29, 0.717) is 12.2 Å². The van der Waals surface area contributed by atoms with Crippen molar-refractivity contribution in [2.24, 2.45) is 5.92 Å². The molecule has 1 aliphatic heterocycles. The van der Waals surface area contributed by atoms with Crippen LogP contribution in [0.3, 0.4) is 0 Å². The second-order valence-electron chi connectivity index (χ2n) is 8.06. The van der Waals surface area contributed by atoms with Crippen LogP contribution >= 0.6 is 0 Å². The van der Waals surface area contributed by atoms with Gasteiger partial charge >= 0.3 is 0 Å². The number of fused-ring (bicyclic) bond motifs is 2. The average Bonchev–Trinajstić information content (AvgIpc) is 3.41. The van der Waals surface area contributed by atoms with Crippen molar-refractivity contribution in [1.29, 1.82) is 0 Å². The van der Waals surface area contributed by atoms with Crippen molar-refractivity contribution in [3.8, 4) is 0 Å². The second-order valence-corrected chi connectivity index (χ2v) is 8.06. The number of hydrogen-bond donors (Lipinski definition) is 3. The highest BCUT2D eigenvalue weighted by atomic mass is 16.2. The van der Waals surface area contributed by atoms with Gasteiger partial charge < -0.3 is 20.2 Å². The van der Waals surface area contributed by atoms with Gasteiger partial charge in [-0.2, -0.15) is 0 Å². The van der Waals surface area contributed by atoms with E-state index in [1.54, 1.807) is 6.33 Å². The normalized spacial score (nSPS) is 18.0. The number of benzene rings is 1. The van der Waals surface area contributed by atoms with Crippen LogP contribution in [0, 0.1) is 5.92 Å². The van der Waals surface area contributed by atoms with Gasteiger partial charge in [-0.25, -0.2) is 15.0 Å². The first-order valence-corrected chi connectivity index (χ1v) is 10.4. The van der Waals surface area contributed by atoms with E-state index in [0.717, 1.165) is 42.7 Å². The first-order valence-electron chi connectivity index (χ1n) is 10.4. The Morgan fingerprint density at radius 2 is 2.17 bits per heavy atom. The number of carbonyl (C=O) groups excluding carboxylic acids is 1. The van der Waals surface area contributed by atoms with Gasteiger partial charge in [-0.05, 0) is 37.8 Å². The van der Waals surface area contributed by atoms with Crippen molar-refractivity contribution in [2.45, 2.75) is 32.2 Å². The number of amides is 1. The number of carbonyl (C=O) groups is 1. The minimum atomic E-state index is -0.0582. The lowest BCUT2D eigenvalue weighted by atomic mass is 9.96. The number of nitrogens with zero attached hydrogens (tertiary/aromatic N) is 4. The summed E-state index contributed by atoms with van der Waals surface area (Å²) in [5.41, 5.74) is 3.83. The minimum Gasteiger partial charge on any atom is -0.361 e. The fourth-order valence-corrected chi connectivity index (χ4v) is 4.42. The average molecular weight is 403 g/mol. The highest BCUT2D eigenvalue weighted by molar-refractivity contribution is 5.85. The Morgan fingerprint density at radius 3 is 3.10 bits per heavy atom. The molecule has 1 aliphatic rings. The van der Waals surface area contributed by atoms with E-state index >= 15 is 0 Å². The largest absolute Gasteiger partial charge is 0.361 e. The van der Waals surface area contributed by atoms with Crippen LogP contribution in [-0.2, 0) is 11.2 Å². The SMILES string of the molecule is C[C@H](Cc1c[nH]c2ccccc12)NC(=O)[C@@H]1CCCN(c2ncnc3nc[nH]c23)C1. The van der Waals surface area contributed by atoms with E-state index in [1.165, 1.54) is 17.3 Å². The number of piperidine rings is 1. The van der Waals surface area contributed by atoms with Gasteiger partial charge in [-0.3, -0.25) is 4.79 Å². The number of aromatic nitrogens is 5. The molecule has 1 amide bonds. The van der Waals surface area contributed by atoms with Crippen molar-refractivity contribution >= 4 is 33.8 Å². The predicted molar refractivity (Wildman–Crippen MR) is 116 cm³/mol. The van der Waals surface area contributed by atoms with Gasteiger partial charge in [0.15, 0.2) is 11.5 Å².